The van der Waals surface area contributed by atoms with Gasteiger partial charge in [0.25, 0.3) is 0 Å². The van der Waals surface area contributed by atoms with Crippen molar-refractivity contribution in [2.75, 3.05) is 0 Å². The molecule has 0 atom stereocenters. The molecule has 0 unspecified atom stereocenters. The second-order valence-electron chi connectivity index (χ2n) is 1.78. The quantitative estimate of drug-likeness (QED) is 0.489. The largest absolute Gasteiger partial charge is 0.128 e. The van der Waals surface area contributed by atoms with E-state index in [2.05, 4.69) is 15.8 Å². The molecule has 0 spiro atoms. The molecule has 1 aliphatic rings. The number of rotatable bonds is 0. The zero-order valence-electron chi connectivity index (χ0n) is 4.65. The minimum Gasteiger partial charge on any atom is -0.128 e. The van der Waals surface area contributed by atoms with Gasteiger partial charge in [-0.25, -0.2) is 0 Å². The van der Waals surface area contributed by atoms with Gasteiger partial charge < -0.3 is 0 Å². The Labute approximate surface area is 80.8 Å². The second-order valence-corrected chi connectivity index (χ2v) is 1.78. The number of nitrogens with zero attached hydrogens (tertiary/aromatic N) is 3. The van der Waals surface area contributed by atoms with Gasteiger partial charge in [0, 0.05) is 0 Å². The van der Waals surface area contributed by atoms with Crippen LogP contribution in [0.3, 0.4) is 0 Å². The fourth-order valence-corrected chi connectivity index (χ4v) is 0.752. The molecule has 0 fully saturated rings. The topological polar surface area (TPSA) is 38.8 Å². The summed E-state index contributed by atoms with van der Waals surface area (Å²) in [5, 5.41) is 7.26. The number of benzene rings is 1. The van der Waals surface area contributed by atoms with Gasteiger partial charge in [-0.3, -0.25) is 0 Å². The van der Waals surface area contributed by atoms with Crippen LogP contribution in [-0.2, 0) is 0 Å². The van der Waals surface area contributed by atoms with Crippen LogP contribution in [0.5, 0.6) is 0 Å². The third-order valence-corrected chi connectivity index (χ3v) is 1.19. The zero-order chi connectivity index (χ0) is 6.10. The maximum atomic E-state index is 3.76. The summed E-state index contributed by atoms with van der Waals surface area (Å²) in [7, 11) is 0. The van der Waals surface area contributed by atoms with Crippen LogP contribution in [0.4, 0.5) is 11.4 Å². The molecule has 0 amide bonds. The van der Waals surface area contributed by atoms with E-state index >= 15 is 0 Å². The Bertz CT molecular complexity index is 259. The van der Waals surface area contributed by atoms with Crippen molar-refractivity contribution in [2.45, 2.75) is 0 Å². The van der Waals surface area contributed by atoms with Crippen molar-refractivity contribution in [1.29, 1.82) is 0 Å². The van der Waals surface area contributed by atoms with Gasteiger partial charge in [0.2, 0.25) is 0 Å². The van der Waals surface area contributed by atoms with Crippen molar-refractivity contribution >= 4 is 40.9 Å². The first-order chi connectivity index (χ1) is 4.47. The van der Waals surface area contributed by atoms with Gasteiger partial charge >= 0.3 is 29.6 Å². The molecule has 0 saturated heterocycles. The molecule has 1 aromatic carbocycles. The van der Waals surface area contributed by atoms with E-state index in [1.165, 1.54) is 0 Å². The summed E-state index contributed by atoms with van der Waals surface area (Å²) in [6, 6.07) is 7.60. The molecular weight excluding hydrogens is 137 g/mol. The summed E-state index contributed by atoms with van der Waals surface area (Å²) in [6.45, 7) is 0. The Balaban J connectivity index is 0.000000500. The minimum absolute atomic E-state index is 0. The van der Waals surface area contributed by atoms with Crippen LogP contribution in [0, 0.1) is 0 Å². The monoisotopic (exact) mass is 142 g/mol. The second kappa shape index (κ2) is 3.14. The van der Waals surface area contributed by atoms with Gasteiger partial charge in [-0.1, -0.05) is 12.1 Å². The van der Waals surface area contributed by atoms with Gasteiger partial charge in [0.1, 0.15) is 11.4 Å². The molecule has 1 aromatic rings. The van der Waals surface area contributed by atoms with E-state index in [9.17, 15) is 0 Å². The molecule has 0 saturated carbocycles. The van der Waals surface area contributed by atoms with Crippen LogP contribution in [0.15, 0.2) is 34.6 Å². The first-order valence-electron chi connectivity index (χ1n) is 2.67. The summed E-state index contributed by atoms with van der Waals surface area (Å²) in [6.07, 6.45) is 0. The molecule has 1 radical (unpaired) electrons. The van der Waals surface area contributed by atoms with Crippen molar-refractivity contribution in [2.24, 2.45) is 10.3 Å². The van der Waals surface area contributed by atoms with Crippen molar-refractivity contribution in [1.82, 2.24) is 5.43 Å². The van der Waals surface area contributed by atoms with Gasteiger partial charge in [0.05, 0.1) is 0 Å². The summed E-state index contributed by atoms with van der Waals surface area (Å²) >= 11 is 0. The molecule has 45 valence electrons. The predicted molar refractivity (Wildman–Crippen MR) is 39.9 cm³/mol. The average Bonchev–Trinajstić information content (AvgIpc) is 2.33. The molecule has 1 heterocycles. The average molecular weight is 142 g/mol. The normalized spacial score (nSPS) is 11.6. The maximum Gasteiger partial charge on any atom is 0.115 e. The van der Waals surface area contributed by atoms with Crippen molar-refractivity contribution in [3.63, 3.8) is 0 Å². The molecule has 1 aliphatic heterocycles. The van der Waals surface area contributed by atoms with Crippen LogP contribution >= 0.6 is 0 Å². The molecule has 10 heavy (non-hydrogen) atoms. The van der Waals surface area contributed by atoms with E-state index in [-0.39, 0.29) is 29.6 Å². The Morgan fingerprint density at radius 3 is 2.40 bits per heavy atom. The van der Waals surface area contributed by atoms with E-state index in [0.717, 1.165) is 11.4 Å². The molecule has 3 nitrogen and oxygen atoms in total. The summed E-state index contributed by atoms with van der Waals surface area (Å²) in [5.74, 6) is 0. The van der Waals surface area contributed by atoms with Crippen molar-refractivity contribution in [3.05, 3.63) is 24.3 Å². The summed E-state index contributed by atoms with van der Waals surface area (Å²) < 4.78 is 0. The van der Waals surface area contributed by atoms with Crippen LogP contribution in [0.2, 0.25) is 0 Å². The Morgan fingerprint density at radius 1 is 1.00 bits per heavy atom. The van der Waals surface area contributed by atoms with Crippen LogP contribution < -0.4 is 5.43 Å². The number of fused-ring (bicyclic) bond motifs is 1. The van der Waals surface area contributed by atoms with Gasteiger partial charge in [-0.2, -0.15) is 0 Å². The SMILES string of the molecule is [NaH].c1ccc2c(c1)[N]N=N2. The van der Waals surface area contributed by atoms with E-state index in [0.29, 0.717) is 0 Å². The fourth-order valence-electron chi connectivity index (χ4n) is 0.752. The standard InChI is InChI=1S/C6H4N3.Na.H/c1-2-4-6-5(3-1)7-9-8-6;;/h1-4H;;. The summed E-state index contributed by atoms with van der Waals surface area (Å²) in [4.78, 5) is 0. The van der Waals surface area contributed by atoms with Crippen molar-refractivity contribution in [3.8, 4) is 0 Å². The first kappa shape index (κ1) is 7.72. The first-order valence-corrected chi connectivity index (χ1v) is 2.67. The Hall–Kier alpha value is -0.380. The number of hydrogen-bond donors (Lipinski definition) is 0. The molecular formula is C6H5N3Na. The maximum absolute atomic E-state index is 3.76. The van der Waals surface area contributed by atoms with Crippen LogP contribution in [0.25, 0.3) is 0 Å². The smallest absolute Gasteiger partial charge is 0.115 e. The zero-order valence-corrected chi connectivity index (χ0v) is 4.65. The van der Waals surface area contributed by atoms with E-state index < -0.39 is 0 Å². The molecule has 0 aromatic heterocycles. The van der Waals surface area contributed by atoms with Gasteiger partial charge in [0.15, 0.2) is 0 Å². The minimum atomic E-state index is 0. The van der Waals surface area contributed by atoms with Crippen molar-refractivity contribution < 1.29 is 0 Å². The summed E-state index contributed by atoms with van der Waals surface area (Å²) in [5.41, 5.74) is 5.48. The Morgan fingerprint density at radius 2 is 1.70 bits per heavy atom. The third-order valence-electron chi connectivity index (χ3n) is 1.19. The molecule has 4 heteroatoms. The molecule has 0 aliphatic carbocycles. The Kier molecular flexibility index (Phi) is 2.43. The third kappa shape index (κ3) is 1.21. The fraction of sp³-hybridized carbons (Fsp3) is 0. The van der Waals surface area contributed by atoms with E-state index in [1.54, 1.807) is 0 Å². The van der Waals surface area contributed by atoms with E-state index in [1.807, 2.05) is 24.3 Å². The van der Waals surface area contributed by atoms with E-state index in [4.69, 9.17) is 0 Å². The van der Waals surface area contributed by atoms with Crippen LogP contribution in [-0.4, -0.2) is 29.6 Å². The molecule has 2 rings (SSSR count). The predicted octanol–water partition coefficient (Wildman–Crippen LogP) is 1.29. The molecule has 0 N–H and O–H groups in total. The molecule has 0 bridgehead atoms. The van der Waals surface area contributed by atoms with Crippen LogP contribution in [0.1, 0.15) is 0 Å². The number of hydrogen-bond acceptors (Lipinski definition) is 2. The van der Waals surface area contributed by atoms with Gasteiger partial charge in [-0.05, 0) is 17.4 Å². The van der Waals surface area contributed by atoms with Gasteiger partial charge in [-0.15, -0.1) is 10.5 Å².